The fourth-order valence-corrected chi connectivity index (χ4v) is 2.83. The molecule has 1 saturated carbocycles. The van der Waals surface area contributed by atoms with Crippen LogP contribution in [0, 0.1) is 0 Å². The van der Waals surface area contributed by atoms with Crippen molar-refractivity contribution in [3.05, 3.63) is 12.2 Å². The Morgan fingerprint density at radius 2 is 1.63 bits per heavy atom. The summed E-state index contributed by atoms with van der Waals surface area (Å²) < 4.78 is 23.2. The molecule has 2 aliphatic rings. The average molecular weight is 389 g/mol. The Morgan fingerprint density at radius 1 is 1.11 bits per heavy atom. The molecule has 0 bridgehead atoms. The van der Waals surface area contributed by atoms with Crippen LogP contribution in [0.3, 0.4) is 0 Å². The van der Waals surface area contributed by atoms with Crippen LogP contribution >= 0.6 is 0 Å². The molecule has 0 unspecified atom stereocenters. The molecular weight excluding hydrogens is 358 g/mol. The second-order valence-electron chi connectivity index (χ2n) is 7.84. The lowest BCUT2D eigenvalue weighted by atomic mass is 10.2. The Labute approximate surface area is 159 Å². The number of nitrogens with two attached hydrogens (primary N) is 1. The van der Waals surface area contributed by atoms with Gasteiger partial charge < -0.3 is 34.9 Å². The van der Waals surface area contributed by atoms with Crippen molar-refractivity contribution >= 4 is 11.9 Å². The summed E-state index contributed by atoms with van der Waals surface area (Å²) in [6.45, 7) is 11.1. The Balaban J connectivity index is 0.000000387. The lowest BCUT2D eigenvalue weighted by Crippen LogP contribution is -2.35. The van der Waals surface area contributed by atoms with Crippen molar-refractivity contribution in [1.29, 1.82) is 0 Å². The first-order valence-electron chi connectivity index (χ1n) is 8.81. The van der Waals surface area contributed by atoms with Crippen molar-refractivity contribution in [2.45, 2.75) is 76.8 Å². The topological polar surface area (TPSA) is 138 Å². The van der Waals surface area contributed by atoms with Crippen LogP contribution < -0.4 is 5.73 Å². The first kappa shape index (κ1) is 23.5. The third-order valence-corrected chi connectivity index (χ3v) is 3.78. The van der Waals surface area contributed by atoms with E-state index in [1.807, 2.05) is 34.6 Å². The van der Waals surface area contributed by atoms with Crippen molar-refractivity contribution in [2.24, 2.45) is 5.73 Å². The zero-order valence-corrected chi connectivity index (χ0v) is 16.5. The van der Waals surface area contributed by atoms with Crippen molar-refractivity contribution < 1.29 is 38.7 Å². The summed E-state index contributed by atoms with van der Waals surface area (Å²) in [5, 5.41) is 15.6. The predicted molar refractivity (Wildman–Crippen MR) is 96.3 cm³/mol. The minimum Gasteiger partial charge on any atom is -0.478 e. The van der Waals surface area contributed by atoms with Gasteiger partial charge in [-0.15, -0.1) is 0 Å². The highest BCUT2D eigenvalue weighted by molar-refractivity contribution is 5.89. The lowest BCUT2D eigenvalue weighted by Gasteiger charge is -2.24. The second-order valence-corrected chi connectivity index (χ2v) is 7.84. The molecule has 0 aromatic carbocycles. The quantitative estimate of drug-likeness (QED) is 0.451. The number of rotatable bonds is 6. The van der Waals surface area contributed by atoms with Crippen LogP contribution in [0.4, 0.5) is 0 Å². The molecule has 156 valence electrons. The minimum absolute atomic E-state index is 0.00495. The Hall–Kier alpha value is -1.52. The average Bonchev–Trinajstić information content (AvgIpc) is 2.96. The zero-order chi connectivity index (χ0) is 20.8. The van der Waals surface area contributed by atoms with Gasteiger partial charge in [-0.1, -0.05) is 0 Å². The number of hydrogen-bond donors (Lipinski definition) is 3. The molecule has 1 aliphatic carbocycles. The fourth-order valence-electron chi connectivity index (χ4n) is 2.83. The maximum atomic E-state index is 9.55. The Morgan fingerprint density at radius 3 is 2.11 bits per heavy atom. The molecule has 4 atom stereocenters. The summed E-state index contributed by atoms with van der Waals surface area (Å²) in [6, 6.07) is -0.0136. The first-order valence-corrected chi connectivity index (χ1v) is 8.81. The van der Waals surface area contributed by atoms with E-state index < -0.39 is 17.7 Å². The lowest BCUT2D eigenvalue weighted by molar-refractivity contribution is -0.169. The van der Waals surface area contributed by atoms with Crippen LogP contribution in [0.5, 0.6) is 0 Å². The van der Waals surface area contributed by atoms with Gasteiger partial charge in [-0.2, -0.15) is 0 Å². The van der Waals surface area contributed by atoms with Gasteiger partial charge >= 0.3 is 11.9 Å². The number of carboxylic acid groups (broad SMARTS) is 2. The van der Waals surface area contributed by atoms with Gasteiger partial charge in [-0.3, -0.25) is 0 Å². The van der Waals surface area contributed by atoms with Gasteiger partial charge in [0.05, 0.1) is 24.9 Å². The molecule has 0 amide bonds. The minimum atomic E-state index is -1.26. The molecule has 4 N–H and O–H groups in total. The SMILES string of the molecule is CC(C)(C)OCCO[C@H]1C[C@@H](N)[C@@H]2OC(C)(C)O[C@@H]21.O=C(O)/C=C/C(=O)O. The van der Waals surface area contributed by atoms with Crippen LogP contribution in [-0.2, 0) is 28.5 Å². The molecule has 0 spiro atoms. The predicted octanol–water partition coefficient (Wildman–Crippen LogP) is 1.15. The third-order valence-electron chi connectivity index (χ3n) is 3.78. The first-order chi connectivity index (χ1) is 12.3. The largest absolute Gasteiger partial charge is 0.478 e. The van der Waals surface area contributed by atoms with Crippen LogP contribution in [0.1, 0.15) is 41.0 Å². The van der Waals surface area contributed by atoms with Gasteiger partial charge in [-0.25, -0.2) is 9.59 Å². The number of carbonyl (C=O) groups is 2. The van der Waals surface area contributed by atoms with E-state index in [1.54, 1.807) is 0 Å². The van der Waals surface area contributed by atoms with Gasteiger partial charge in [0.1, 0.15) is 12.2 Å². The van der Waals surface area contributed by atoms with Crippen LogP contribution in [-0.4, -0.2) is 71.1 Å². The summed E-state index contributed by atoms with van der Waals surface area (Å²) in [5.41, 5.74) is 5.96. The van der Waals surface area contributed by atoms with Crippen molar-refractivity contribution in [1.82, 2.24) is 0 Å². The normalized spacial score (nSPS) is 29.3. The van der Waals surface area contributed by atoms with E-state index in [-0.39, 0.29) is 30.0 Å². The van der Waals surface area contributed by atoms with E-state index in [0.29, 0.717) is 25.4 Å². The summed E-state index contributed by atoms with van der Waals surface area (Å²) in [7, 11) is 0. The fraction of sp³-hybridized carbons (Fsp3) is 0.778. The monoisotopic (exact) mass is 389 g/mol. The molecule has 9 heteroatoms. The highest BCUT2D eigenvalue weighted by Crippen LogP contribution is 2.38. The molecule has 1 saturated heterocycles. The number of aliphatic carboxylic acids is 2. The van der Waals surface area contributed by atoms with E-state index in [0.717, 1.165) is 6.42 Å². The highest BCUT2D eigenvalue weighted by atomic mass is 16.8. The molecule has 2 fully saturated rings. The molecule has 0 aromatic rings. The number of hydrogen-bond acceptors (Lipinski definition) is 7. The van der Waals surface area contributed by atoms with Crippen LogP contribution in [0.15, 0.2) is 12.2 Å². The summed E-state index contributed by atoms with van der Waals surface area (Å²) in [5.74, 6) is -3.07. The van der Waals surface area contributed by atoms with Gasteiger partial charge in [0.25, 0.3) is 0 Å². The van der Waals surface area contributed by atoms with Crippen molar-refractivity contribution in [3.8, 4) is 0 Å². The van der Waals surface area contributed by atoms with Crippen LogP contribution in [0.2, 0.25) is 0 Å². The Kier molecular flexibility index (Phi) is 8.37. The summed E-state index contributed by atoms with van der Waals surface area (Å²) in [4.78, 5) is 19.1. The number of carboxylic acids is 2. The van der Waals surface area contributed by atoms with Crippen LogP contribution in [0.25, 0.3) is 0 Å². The maximum absolute atomic E-state index is 9.55. The smallest absolute Gasteiger partial charge is 0.328 e. The standard InChI is InChI=1S/C14H27NO4.C4H4O4/c1-13(2,3)17-7-6-16-10-8-9(15)11-12(10)19-14(4,5)18-11;5-3(6)1-2-4(7)8/h9-12H,6-8,15H2,1-5H3;1-2H,(H,5,6)(H,7,8)/b;2-1+/t9-,10+,11+,12-;/m1./s1. The van der Waals surface area contributed by atoms with E-state index in [1.165, 1.54) is 0 Å². The van der Waals surface area contributed by atoms with Gasteiger partial charge in [-0.05, 0) is 41.0 Å². The van der Waals surface area contributed by atoms with Gasteiger partial charge in [0.15, 0.2) is 5.79 Å². The zero-order valence-electron chi connectivity index (χ0n) is 16.5. The summed E-state index contributed by atoms with van der Waals surface area (Å²) >= 11 is 0. The van der Waals surface area contributed by atoms with Crippen molar-refractivity contribution in [2.75, 3.05) is 13.2 Å². The molecule has 1 heterocycles. The van der Waals surface area contributed by atoms with Crippen molar-refractivity contribution in [3.63, 3.8) is 0 Å². The molecule has 1 aliphatic heterocycles. The van der Waals surface area contributed by atoms with E-state index in [4.69, 9.17) is 34.9 Å². The molecule has 0 radical (unpaired) electrons. The molecule has 9 nitrogen and oxygen atoms in total. The second kappa shape index (κ2) is 9.61. The molecular formula is C18H31NO8. The molecule has 27 heavy (non-hydrogen) atoms. The molecule has 2 rings (SSSR count). The van der Waals surface area contributed by atoms with E-state index in [2.05, 4.69) is 0 Å². The highest BCUT2D eigenvalue weighted by Gasteiger charge is 2.53. The summed E-state index contributed by atoms with van der Waals surface area (Å²) in [6.07, 6.45) is 1.79. The number of ether oxygens (including phenoxy) is 4. The Bertz CT molecular complexity index is 524. The van der Waals surface area contributed by atoms with E-state index in [9.17, 15) is 9.59 Å². The third kappa shape index (κ3) is 8.81. The maximum Gasteiger partial charge on any atom is 0.328 e. The number of fused-ring (bicyclic) bond motifs is 1. The molecule has 0 aromatic heterocycles. The van der Waals surface area contributed by atoms with Gasteiger partial charge in [0.2, 0.25) is 0 Å². The van der Waals surface area contributed by atoms with Gasteiger partial charge in [0, 0.05) is 18.2 Å². The van der Waals surface area contributed by atoms with E-state index >= 15 is 0 Å².